The van der Waals surface area contributed by atoms with Crippen LogP contribution in [0, 0.1) is 0 Å². The number of ether oxygens (including phenoxy) is 1. The Balaban J connectivity index is 1.89. The summed E-state index contributed by atoms with van der Waals surface area (Å²) >= 11 is 0. The van der Waals surface area contributed by atoms with Crippen LogP contribution in [-0.2, 0) is 12.8 Å². The lowest BCUT2D eigenvalue weighted by atomic mass is 9.88. The van der Waals surface area contributed by atoms with Crippen molar-refractivity contribution in [3.63, 3.8) is 0 Å². The van der Waals surface area contributed by atoms with Gasteiger partial charge in [-0.25, -0.2) is 0 Å². The summed E-state index contributed by atoms with van der Waals surface area (Å²) in [5.74, 6) is 0.982. The van der Waals surface area contributed by atoms with E-state index in [1.807, 2.05) is 0 Å². The van der Waals surface area contributed by atoms with Gasteiger partial charge < -0.3 is 9.64 Å². The fraction of sp³-hybridized carbons (Fsp3) is 0.364. The summed E-state index contributed by atoms with van der Waals surface area (Å²) in [7, 11) is 4.14. The minimum Gasteiger partial charge on any atom is -0.492 e. The number of likely N-dealkylation sites (N-methyl/N-ethyl adjacent to an activating group) is 1. The standard InChI is InChI=1S/C22H27NO/c1-4-17-15-19-11-12-21(24-14-13-23(2)3)16-20(19)10-9-18-7-5-6-8-22(17)18/h5-8,11-12,15-16H,4,9-10,13-14H2,1-3H3. The van der Waals surface area contributed by atoms with Crippen molar-refractivity contribution < 1.29 is 4.74 Å². The normalized spacial score (nSPS) is 13.6. The van der Waals surface area contributed by atoms with E-state index < -0.39 is 0 Å². The topological polar surface area (TPSA) is 12.5 Å². The van der Waals surface area contributed by atoms with Gasteiger partial charge in [0.25, 0.3) is 0 Å². The summed E-state index contributed by atoms with van der Waals surface area (Å²) in [6, 6.07) is 15.4. The Bertz CT molecular complexity index is 730. The van der Waals surface area contributed by atoms with Crippen molar-refractivity contribution in [2.45, 2.75) is 26.2 Å². The number of aryl methyl sites for hydroxylation is 2. The lowest BCUT2D eigenvalue weighted by molar-refractivity contribution is 0.261. The highest BCUT2D eigenvalue weighted by atomic mass is 16.5. The molecule has 3 rings (SSSR count). The van der Waals surface area contributed by atoms with Crippen LogP contribution in [0.3, 0.4) is 0 Å². The van der Waals surface area contributed by atoms with Crippen LogP contribution in [-0.4, -0.2) is 32.1 Å². The van der Waals surface area contributed by atoms with Crippen LogP contribution >= 0.6 is 0 Å². The summed E-state index contributed by atoms with van der Waals surface area (Å²) in [6.45, 7) is 3.90. The first kappa shape index (κ1) is 16.8. The molecule has 0 aromatic heterocycles. The molecule has 0 saturated carbocycles. The molecule has 0 amide bonds. The lowest BCUT2D eigenvalue weighted by Crippen LogP contribution is -2.19. The molecule has 1 aliphatic rings. The number of rotatable bonds is 5. The van der Waals surface area contributed by atoms with Crippen LogP contribution < -0.4 is 4.74 Å². The van der Waals surface area contributed by atoms with Crippen molar-refractivity contribution in [1.82, 2.24) is 4.90 Å². The molecule has 126 valence electrons. The molecule has 0 N–H and O–H groups in total. The molecule has 1 aliphatic carbocycles. The molecular weight excluding hydrogens is 294 g/mol. The van der Waals surface area contributed by atoms with Gasteiger partial charge in [-0.2, -0.15) is 0 Å². The second-order valence-electron chi connectivity index (χ2n) is 6.69. The molecule has 0 aliphatic heterocycles. The Morgan fingerprint density at radius 3 is 2.58 bits per heavy atom. The highest BCUT2D eigenvalue weighted by molar-refractivity contribution is 5.84. The molecule has 0 fully saturated rings. The summed E-state index contributed by atoms with van der Waals surface area (Å²) in [4.78, 5) is 2.14. The summed E-state index contributed by atoms with van der Waals surface area (Å²) in [5.41, 5.74) is 7.01. The molecule has 0 heterocycles. The maximum atomic E-state index is 5.92. The van der Waals surface area contributed by atoms with Crippen LogP contribution in [0.4, 0.5) is 0 Å². The summed E-state index contributed by atoms with van der Waals surface area (Å²) in [6.07, 6.45) is 5.56. The van der Waals surface area contributed by atoms with Crippen LogP contribution in [0.25, 0.3) is 11.6 Å². The van der Waals surface area contributed by atoms with E-state index in [0.29, 0.717) is 0 Å². The van der Waals surface area contributed by atoms with Gasteiger partial charge in [-0.3, -0.25) is 0 Å². The maximum Gasteiger partial charge on any atom is 0.119 e. The Morgan fingerprint density at radius 2 is 1.79 bits per heavy atom. The number of hydrogen-bond acceptors (Lipinski definition) is 2. The Labute approximate surface area is 145 Å². The minimum atomic E-state index is 0.727. The van der Waals surface area contributed by atoms with Gasteiger partial charge in [0.2, 0.25) is 0 Å². The predicted molar refractivity (Wildman–Crippen MR) is 103 cm³/mol. The number of allylic oxidation sites excluding steroid dienone is 1. The van der Waals surface area contributed by atoms with E-state index in [2.05, 4.69) is 74.5 Å². The lowest BCUT2D eigenvalue weighted by Gasteiger charge is -2.18. The number of hydrogen-bond donors (Lipinski definition) is 0. The average Bonchev–Trinajstić information content (AvgIpc) is 2.57. The van der Waals surface area contributed by atoms with E-state index in [1.54, 1.807) is 0 Å². The molecule has 0 atom stereocenters. The number of benzene rings is 2. The quantitative estimate of drug-likeness (QED) is 0.793. The molecule has 2 heteroatoms. The molecule has 0 saturated heterocycles. The van der Waals surface area contributed by atoms with Gasteiger partial charge in [0.15, 0.2) is 0 Å². The SMILES string of the molecule is CCC1=Cc2ccc(OCCN(C)C)cc2CCc2ccccc21. The van der Waals surface area contributed by atoms with Gasteiger partial charge in [0, 0.05) is 6.54 Å². The summed E-state index contributed by atoms with van der Waals surface area (Å²) < 4.78 is 5.92. The van der Waals surface area contributed by atoms with E-state index >= 15 is 0 Å². The van der Waals surface area contributed by atoms with Crippen molar-refractivity contribution in [3.05, 3.63) is 64.7 Å². The molecule has 0 unspecified atom stereocenters. The van der Waals surface area contributed by atoms with Crippen LogP contribution in [0.15, 0.2) is 42.5 Å². The van der Waals surface area contributed by atoms with Crippen LogP contribution in [0.5, 0.6) is 5.75 Å². The number of fused-ring (bicyclic) bond motifs is 2. The Kier molecular flexibility index (Phi) is 5.37. The van der Waals surface area contributed by atoms with Crippen molar-refractivity contribution in [2.24, 2.45) is 0 Å². The van der Waals surface area contributed by atoms with Crippen LogP contribution in [0.1, 0.15) is 35.6 Å². The first-order chi connectivity index (χ1) is 11.7. The van der Waals surface area contributed by atoms with Crippen LogP contribution in [0.2, 0.25) is 0 Å². The minimum absolute atomic E-state index is 0.727. The third-order valence-corrected chi connectivity index (χ3v) is 4.66. The third-order valence-electron chi connectivity index (χ3n) is 4.66. The van der Waals surface area contributed by atoms with Crippen molar-refractivity contribution in [3.8, 4) is 5.75 Å². The first-order valence-electron chi connectivity index (χ1n) is 8.86. The highest BCUT2D eigenvalue weighted by Gasteiger charge is 2.13. The van der Waals surface area contributed by atoms with E-state index in [0.717, 1.165) is 38.2 Å². The molecule has 0 spiro atoms. The average molecular weight is 321 g/mol. The summed E-state index contributed by atoms with van der Waals surface area (Å²) in [5, 5.41) is 0. The fourth-order valence-corrected chi connectivity index (χ4v) is 3.25. The number of nitrogens with zero attached hydrogens (tertiary/aromatic N) is 1. The van der Waals surface area contributed by atoms with Crippen molar-refractivity contribution >= 4 is 11.6 Å². The zero-order valence-corrected chi connectivity index (χ0v) is 15.0. The van der Waals surface area contributed by atoms with Gasteiger partial charge in [0.1, 0.15) is 12.4 Å². The van der Waals surface area contributed by atoms with Gasteiger partial charge in [-0.05, 0) is 73.3 Å². The zero-order valence-electron chi connectivity index (χ0n) is 15.0. The van der Waals surface area contributed by atoms with E-state index in [4.69, 9.17) is 4.74 Å². The van der Waals surface area contributed by atoms with E-state index in [9.17, 15) is 0 Å². The van der Waals surface area contributed by atoms with E-state index in [1.165, 1.54) is 27.8 Å². The van der Waals surface area contributed by atoms with Gasteiger partial charge in [-0.1, -0.05) is 43.3 Å². The molecule has 2 aromatic rings. The van der Waals surface area contributed by atoms with Crippen molar-refractivity contribution in [1.29, 1.82) is 0 Å². The molecule has 0 radical (unpaired) electrons. The molecule has 2 nitrogen and oxygen atoms in total. The smallest absolute Gasteiger partial charge is 0.119 e. The molecule has 0 bridgehead atoms. The zero-order chi connectivity index (χ0) is 16.9. The Hall–Kier alpha value is -2.06. The van der Waals surface area contributed by atoms with Gasteiger partial charge in [-0.15, -0.1) is 0 Å². The monoisotopic (exact) mass is 321 g/mol. The molecular formula is C22H27NO. The molecule has 24 heavy (non-hydrogen) atoms. The molecule has 2 aromatic carbocycles. The van der Waals surface area contributed by atoms with E-state index in [-0.39, 0.29) is 0 Å². The highest BCUT2D eigenvalue weighted by Crippen LogP contribution is 2.31. The predicted octanol–water partition coefficient (Wildman–Crippen LogP) is 4.68. The first-order valence-corrected chi connectivity index (χ1v) is 8.86. The third kappa shape index (κ3) is 3.88. The van der Waals surface area contributed by atoms with Gasteiger partial charge >= 0.3 is 0 Å². The van der Waals surface area contributed by atoms with Gasteiger partial charge in [0.05, 0.1) is 0 Å². The Morgan fingerprint density at radius 1 is 1.00 bits per heavy atom. The fourth-order valence-electron chi connectivity index (χ4n) is 3.25. The largest absolute Gasteiger partial charge is 0.492 e. The second-order valence-corrected chi connectivity index (χ2v) is 6.69. The second kappa shape index (κ2) is 7.67. The maximum absolute atomic E-state index is 5.92. The van der Waals surface area contributed by atoms with Crippen molar-refractivity contribution in [2.75, 3.05) is 27.2 Å².